The van der Waals surface area contributed by atoms with Gasteiger partial charge in [0.05, 0.1) is 0 Å². The van der Waals surface area contributed by atoms with Gasteiger partial charge in [-0.15, -0.1) is 12.4 Å². The number of anilines is 1. The molecule has 1 aromatic rings. The zero-order valence-corrected chi connectivity index (χ0v) is 10.3. The fourth-order valence-electron chi connectivity index (χ4n) is 1.39. The van der Waals surface area contributed by atoms with E-state index in [0.29, 0.717) is 17.7 Å². The van der Waals surface area contributed by atoms with Crippen LogP contribution in [-0.2, 0) is 11.3 Å². The van der Waals surface area contributed by atoms with E-state index in [4.69, 9.17) is 10.8 Å². The number of aliphatic carboxylic acids is 1. The van der Waals surface area contributed by atoms with Crippen molar-refractivity contribution in [3.8, 4) is 0 Å². The number of nitrogens with one attached hydrogen (secondary N) is 1. The highest BCUT2D eigenvalue weighted by Crippen LogP contribution is 2.18. The average Bonchev–Trinajstić information content (AvgIpc) is 2.25. The first-order chi connectivity index (χ1) is 7.58. The maximum Gasteiger partial charge on any atom is 0.326 e. The summed E-state index contributed by atoms with van der Waals surface area (Å²) in [5.74, 6) is -1.38. The molecule has 0 saturated heterocycles. The summed E-state index contributed by atoms with van der Waals surface area (Å²) in [4.78, 5) is 10.8. The molecule has 0 radical (unpaired) electrons. The minimum Gasteiger partial charge on any atom is -0.480 e. The number of carboxylic acid groups (broad SMARTS) is 1. The first-order valence-electron chi connectivity index (χ1n) is 5.06. The van der Waals surface area contributed by atoms with Gasteiger partial charge in [0, 0.05) is 12.2 Å². The topological polar surface area (TPSA) is 75.3 Å². The summed E-state index contributed by atoms with van der Waals surface area (Å²) >= 11 is 0. The molecule has 0 bridgehead atoms. The van der Waals surface area contributed by atoms with Crippen molar-refractivity contribution in [2.45, 2.75) is 25.9 Å². The van der Waals surface area contributed by atoms with Crippen molar-refractivity contribution in [3.05, 3.63) is 29.6 Å². The number of carbonyl (C=O) groups is 1. The second-order valence-corrected chi connectivity index (χ2v) is 3.45. The van der Waals surface area contributed by atoms with Crippen molar-refractivity contribution in [2.75, 3.05) is 5.32 Å². The van der Waals surface area contributed by atoms with E-state index in [9.17, 15) is 9.18 Å². The lowest BCUT2D eigenvalue weighted by Crippen LogP contribution is -2.29. The number of hydrogen-bond donors (Lipinski definition) is 3. The van der Waals surface area contributed by atoms with Crippen LogP contribution in [0.4, 0.5) is 10.1 Å². The van der Waals surface area contributed by atoms with Gasteiger partial charge in [0.15, 0.2) is 0 Å². The Bertz CT molecular complexity index is 388. The van der Waals surface area contributed by atoms with Gasteiger partial charge in [-0.2, -0.15) is 0 Å². The maximum atomic E-state index is 13.0. The molecule has 0 saturated carbocycles. The molecule has 17 heavy (non-hydrogen) atoms. The minimum atomic E-state index is -0.963. The zero-order chi connectivity index (χ0) is 12.1. The van der Waals surface area contributed by atoms with E-state index < -0.39 is 17.8 Å². The first kappa shape index (κ1) is 15.7. The lowest BCUT2D eigenvalue weighted by Gasteiger charge is -2.16. The molecule has 1 rings (SSSR count). The molecule has 0 spiro atoms. The summed E-state index contributed by atoms with van der Waals surface area (Å²) in [6, 6.07) is 3.38. The number of benzene rings is 1. The van der Waals surface area contributed by atoms with Crippen LogP contribution in [0.5, 0.6) is 0 Å². The molecule has 1 atom stereocenters. The van der Waals surface area contributed by atoms with Crippen LogP contribution >= 0.6 is 12.4 Å². The molecule has 0 heterocycles. The van der Waals surface area contributed by atoms with E-state index in [2.05, 4.69) is 5.32 Å². The van der Waals surface area contributed by atoms with Gasteiger partial charge in [-0.3, -0.25) is 0 Å². The quantitative estimate of drug-likeness (QED) is 0.758. The number of carboxylic acids is 1. The van der Waals surface area contributed by atoms with Gasteiger partial charge >= 0.3 is 5.97 Å². The molecule has 0 amide bonds. The average molecular weight is 263 g/mol. The Labute approximate surface area is 105 Å². The predicted molar refractivity (Wildman–Crippen MR) is 66.9 cm³/mol. The fraction of sp³-hybridized carbons (Fsp3) is 0.364. The number of nitrogens with two attached hydrogens (primary N) is 1. The summed E-state index contributed by atoms with van der Waals surface area (Å²) in [5, 5.41) is 11.6. The molecule has 0 fully saturated rings. The van der Waals surface area contributed by atoms with Gasteiger partial charge in [0.1, 0.15) is 11.9 Å². The van der Waals surface area contributed by atoms with E-state index in [1.54, 1.807) is 13.0 Å². The molecule has 4 N–H and O–H groups in total. The smallest absolute Gasteiger partial charge is 0.326 e. The molecule has 0 aliphatic rings. The van der Waals surface area contributed by atoms with Crippen molar-refractivity contribution in [2.24, 2.45) is 5.73 Å². The summed E-state index contributed by atoms with van der Waals surface area (Å²) in [6.07, 6.45) is 0.413. The van der Waals surface area contributed by atoms with Gasteiger partial charge in [-0.25, -0.2) is 9.18 Å². The second kappa shape index (κ2) is 7.09. The molecule has 0 aliphatic carbocycles. The first-order valence-corrected chi connectivity index (χ1v) is 5.06. The lowest BCUT2D eigenvalue weighted by atomic mass is 10.1. The van der Waals surface area contributed by atoms with Gasteiger partial charge in [-0.1, -0.05) is 13.0 Å². The lowest BCUT2D eigenvalue weighted by molar-refractivity contribution is -0.137. The van der Waals surface area contributed by atoms with E-state index >= 15 is 0 Å². The predicted octanol–water partition coefficient (Wildman–Crippen LogP) is 1.98. The Morgan fingerprint density at radius 3 is 2.71 bits per heavy atom. The van der Waals surface area contributed by atoms with E-state index in [1.807, 2.05) is 0 Å². The highest BCUT2D eigenvalue weighted by Gasteiger charge is 2.15. The summed E-state index contributed by atoms with van der Waals surface area (Å²) < 4.78 is 13.0. The molecular weight excluding hydrogens is 247 g/mol. The highest BCUT2D eigenvalue weighted by atomic mass is 35.5. The third-order valence-electron chi connectivity index (χ3n) is 2.33. The SMILES string of the molecule is CCC(Nc1cc(F)ccc1CN)C(=O)O.Cl. The Hall–Kier alpha value is -1.33. The Morgan fingerprint density at radius 2 is 2.24 bits per heavy atom. The molecule has 0 aromatic heterocycles. The van der Waals surface area contributed by atoms with Crippen LogP contribution < -0.4 is 11.1 Å². The standard InChI is InChI=1S/C11H15FN2O2.ClH/c1-2-9(11(15)16)14-10-5-8(12)4-3-7(10)6-13;/h3-5,9,14H,2,6,13H2,1H3,(H,15,16);1H. The van der Waals surface area contributed by atoms with Crippen LogP contribution in [0.1, 0.15) is 18.9 Å². The highest BCUT2D eigenvalue weighted by molar-refractivity contribution is 5.85. The van der Waals surface area contributed by atoms with Crippen molar-refractivity contribution < 1.29 is 14.3 Å². The molecule has 0 aliphatic heterocycles. The van der Waals surface area contributed by atoms with Crippen LogP contribution in [0.3, 0.4) is 0 Å². The Morgan fingerprint density at radius 1 is 1.59 bits per heavy atom. The van der Waals surface area contributed by atoms with Gasteiger partial charge in [0.25, 0.3) is 0 Å². The summed E-state index contributed by atoms with van der Waals surface area (Å²) in [6.45, 7) is 1.98. The van der Waals surface area contributed by atoms with Crippen LogP contribution in [0.2, 0.25) is 0 Å². The number of rotatable bonds is 5. The van der Waals surface area contributed by atoms with Crippen molar-refractivity contribution in [3.63, 3.8) is 0 Å². The molecular formula is C11H16ClFN2O2. The van der Waals surface area contributed by atoms with Gasteiger partial charge in [-0.05, 0) is 24.1 Å². The Kier molecular flexibility index (Phi) is 6.53. The van der Waals surface area contributed by atoms with Crippen LogP contribution in [0, 0.1) is 5.82 Å². The van der Waals surface area contributed by atoms with E-state index in [-0.39, 0.29) is 19.0 Å². The third-order valence-corrected chi connectivity index (χ3v) is 2.33. The number of halogens is 2. The summed E-state index contributed by atoms with van der Waals surface area (Å²) in [5.41, 5.74) is 6.62. The third kappa shape index (κ3) is 4.20. The molecule has 96 valence electrons. The zero-order valence-electron chi connectivity index (χ0n) is 9.44. The molecule has 1 aromatic carbocycles. The van der Waals surface area contributed by atoms with Crippen molar-refractivity contribution >= 4 is 24.1 Å². The largest absolute Gasteiger partial charge is 0.480 e. The van der Waals surface area contributed by atoms with Crippen LogP contribution in [-0.4, -0.2) is 17.1 Å². The van der Waals surface area contributed by atoms with E-state index in [1.165, 1.54) is 12.1 Å². The minimum absolute atomic E-state index is 0. The van der Waals surface area contributed by atoms with Crippen molar-refractivity contribution in [1.82, 2.24) is 0 Å². The van der Waals surface area contributed by atoms with Crippen molar-refractivity contribution in [1.29, 1.82) is 0 Å². The molecule has 1 unspecified atom stereocenters. The van der Waals surface area contributed by atoms with E-state index in [0.717, 1.165) is 0 Å². The number of hydrogen-bond acceptors (Lipinski definition) is 3. The second-order valence-electron chi connectivity index (χ2n) is 3.45. The van der Waals surface area contributed by atoms with Gasteiger partial charge < -0.3 is 16.2 Å². The molecule has 4 nitrogen and oxygen atoms in total. The van der Waals surface area contributed by atoms with Crippen LogP contribution in [0.25, 0.3) is 0 Å². The fourth-order valence-corrected chi connectivity index (χ4v) is 1.39. The summed E-state index contributed by atoms with van der Waals surface area (Å²) in [7, 11) is 0. The van der Waals surface area contributed by atoms with Crippen LogP contribution in [0.15, 0.2) is 18.2 Å². The monoisotopic (exact) mass is 262 g/mol. The normalized spacial score (nSPS) is 11.5. The molecule has 6 heteroatoms. The van der Waals surface area contributed by atoms with Gasteiger partial charge in [0.2, 0.25) is 0 Å². The Balaban J connectivity index is 0.00000256. The maximum absolute atomic E-state index is 13.0.